The molecule has 0 saturated carbocycles. The van der Waals surface area contributed by atoms with Gasteiger partial charge in [0.15, 0.2) is 0 Å². The number of aliphatic hydroxyl groups is 1. The van der Waals surface area contributed by atoms with Crippen molar-refractivity contribution in [3.63, 3.8) is 0 Å². The number of carbonyl (C=O) groups excluding carboxylic acids is 1. The van der Waals surface area contributed by atoms with E-state index >= 15 is 0 Å². The van der Waals surface area contributed by atoms with Crippen LogP contribution in [0.5, 0.6) is 0 Å². The van der Waals surface area contributed by atoms with E-state index in [1.165, 1.54) is 6.92 Å². The number of aliphatic hydroxyl groups excluding tert-OH is 1. The maximum absolute atomic E-state index is 11.5. The second-order valence-electron chi connectivity index (χ2n) is 4.40. The molecule has 0 bridgehead atoms. The fourth-order valence-corrected chi connectivity index (χ4v) is 2.19. The fourth-order valence-electron chi connectivity index (χ4n) is 2.19. The van der Waals surface area contributed by atoms with Gasteiger partial charge in [0.25, 0.3) is 0 Å². The molecule has 0 spiro atoms. The lowest BCUT2D eigenvalue weighted by Crippen LogP contribution is -2.31. The Bertz CT molecular complexity index is 560. The molecule has 1 amide bonds. The highest BCUT2D eigenvalue weighted by atomic mass is 16.3. The van der Waals surface area contributed by atoms with E-state index in [2.05, 4.69) is 0 Å². The quantitative estimate of drug-likeness (QED) is 0.899. The summed E-state index contributed by atoms with van der Waals surface area (Å²) in [4.78, 5) is 13.0. The van der Waals surface area contributed by atoms with Crippen LogP contribution in [0.25, 0.3) is 10.8 Å². The average Bonchev–Trinajstić information content (AvgIpc) is 2.39. The van der Waals surface area contributed by atoms with Gasteiger partial charge in [0.2, 0.25) is 5.91 Å². The van der Waals surface area contributed by atoms with E-state index in [1.54, 1.807) is 11.9 Å². The van der Waals surface area contributed by atoms with Crippen molar-refractivity contribution in [1.29, 1.82) is 0 Å². The highest BCUT2D eigenvalue weighted by Gasteiger charge is 2.19. The van der Waals surface area contributed by atoms with Gasteiger partial charge in [-0.1, -0.05) is 42.5 Å². The second-order valence-corrected chi connectivity index (χ2v) is 4.40. The SMILES string of the molecule is CC(=O)N(C)C(CO)c1cccc2ccccc12. The number of likely N-dealkylation sites (N-methyl/N-ethyl adjacent to an activating group) is 1. The Morgan fingerprint density at radius 2 is 1.89 bits per heavy atom. The fraction of sp³-hybridized carbons (Fsp3) is 0.267. The number of amides is 1. The van der Waals surface area contributed by atoms with E-state index in [0.717, 1.165) is 16.3 Å². The van der Waals surface area contributed by atoms with Gasteiger partial charge in [0.1, 0.15) is 0 Å². The van der Waals surface area contributed by atoms with Crippen LogP contribution in [0, 0.1) is 0 Å². The van der Waals surface area contributed by atoms with Gasteiger partial charge in [-0.2, -0.15) is 0 Å². The van der Waals surface area contributed by atoms with Gasteiger partial charge in [-0.05, 0) is 16.3 Å². The van der Waals surface area contributed by atoms with Gasteiger partial charge in [0, 0.05) is 14.0 Å². The van der Waals surface area contributed by atoms with Crippen LogP contribution in [-0.4, -0.2) is 29.6 Å². The molecule has 2 rings (SSSR count). The Morgan fingerprint density at radius 3 is 2.56 bits per heavy atom. The largest absolute Gasteiger partial charge is 0.394 e. The van der Waals surface area contributed by atoms with Gasteiger partial charge in [0.05, 0.1) is 12.6 Å². The molecule has 0 aromatic heterocycles. The molecule has 3 nitrogen and oxygen atoms in total. The number of benzene rings is 2. The Balaban J connectivity index is 2.55. The van der Waals surface area contributed by atoms with Crippen LogP contribution >= 0.6 is 0 Å². The molecule has 3 heteroatoms. The number of fused-ring (bicyclic) bond motifs is 1. The topological polar surface area (TPSA) is 40.5 Å². The first-order valence-corrected chi connectivity index (χ1v) is 5.97. The molecule has 1 unspecified atom stereocenters. The molecule has 0 radical (unpaired) electrons. The molecule has 0 aliphatic heterocycles. The zero-order valence-corrected chi connectivity index (χ0v) is 10.6. The van der Waals surface area contributed by atoms with Crippen molar-refractivity contribution in [2.45, 2.75) is 13.0 Å². The van der Waals surface area contributed by atoms with Crippen LogP contribution in [0.1, 0.15) is 18.5 Å². The molecule has 0 aliphatic rings. The first-order valence-electron chi connectivity index (χ1n) is 5.97. The third-order valence-electron chi connectivity index (χ3n) is 3.32. The molecular formula is C15H17NO2. The highest BCUT2D eigenvalue weighted by Crippen LogP contribution is 2.27. The van der Waals surface area contributed by atoms with Gasteiger partial charge in [-0.3, -0.25) is 4.79 Å². The van der Waals surface area contributed by atoms with E-state index in [1.807, 2.05) is 42.5 Å². The first kappa shape index (κ1) is 12.6. The van der Waals surface area contributed by atoms with Crippen molar-refractivity contribution < 1.29 is 9.90 Å². The molecule has 0 fully saturated rings. The van der Waals surface area contributed by atoms with Gasteiger partial charge in [-0.25, -0.2) is 0 Å². The Kier molecular flexibility index (Phi) is 3.63. The standard InChI is InChI=1S/C15H17NO2/c1-11(18)16(2)15(10-17)14-9-5-7-12-6-3-4-8-13(12)14/h3-9,15,17H,10H2,1-2H3. The summed E-state index contributed by atoms with van der Waals surface area (Å²) in [6, 6.07) is 13.6. The Hall–Kier alpha value is -1.87. The minimum Gasteiger partial charge on any atom is -0.394 e. The summed E-state index contributed by atoms with van der Waals surface area (Å²) in [6.45, 7) is 1.43. The molecule has 18 heavy (non-hydrogen) atoms. The predicted octanol–water partition coefficient (Wildman–Crippen LogP) is 2.35. The van der Waals surface area contributed by atoms with Crippen LogP contribution in [0.3, 0.4) is 0 Å². The average molecular weight is 243 g/mol. The van der Waals surface area contributed by atoms with Crippen LogP contribution < -0.4 is 0 Å². The normalized spacial score (nSPS) is 12.4. The lowest BCUT2D eigenvalue weighted by Gasteiger charge is -2.27. The summed E-state index contributed by atoms with van der Waals surface area (Å²) >= 11 is 0. The van der Waals surface area contributed by atoms with E-state index in [-0.39, 0.29) is 18.6 Å². The molecule has 2 aromatic carbocycles. The maximum atomic E-state index is 11.5. The third-order valence-corrected chi connectivity index (χ3v) is 3.32. The molecule has 1 N–H and O–H groups in total. The third kappa shape index (κ3) is 2.22. The first-order chi connectivity index (χ1) is 8.65. The summed E-state index contributed by atoms with van der Waals surface area (Å²) in [5, 5.41) is 11.8. The smallest absolute Gasteiger partial charge is 0.219 e. The zero-order valence-electron chi connectivity index (χ0n) is 10.6. The molecule has 0 aliphatic carbocycles. The van der Waals surface area contributed by atoms with E-state index in [9.17, 15) is 9.90 Å². The monoisotopic (exact) mass is 243 g/mol. The zero-order chi connectivity index (χ0) is 13.1. The lowest BCUT2D eigenvalue weighted by atomic mass is 9.98. The molecule has 0 saturated heterocycles. The summed E-state index contributed by atoms with van der Waals surface area (Å²) in [5.74, 6) is -0.0537. The molecular weight excluding hydrogens is 226 g/mol. The summed E-state index contributed by atoms with van der Waals surface area (Å²) < 4.78 is 0. The van der Waals surface area contributed by atoms with Crippen LogP contribution in [0.2, 0.25) is 0 Å². The van der Waals surface area contributed by atoms with E-state index < -0.39 is 0 Å². The second kappa shape index (κ2) is 5.19. The number of carbonyl (C=O) groups is 1. The molecule has 94 valence electrons. The number of hydrogen-bond acceptors (Lipinski definition) is 2. The van der Waals surface area contributed by atoms with Crippen molar-refractivity contribution in [2.24, 2.45) is 0 Å². The summed E-state index contributed by atoms with van der Waals surface area (Å²) in [6.07, 6.45) is 0. The number of hydrogen-bond donors (Lipinski definition) is 1. The van der Waals surface area contributed by atoms with Gasteiger partial charge in [-0.15, -0.1) is 0 Å². The predicted molar refractivity (Wildman–Crippen MR) is 72.2 cm³/mol. The van der Waals surface area contributed by atoms with Crippen molar-refractivity contribution in [3.05, 3.63) is 48.0 Å². The number of nitrogens with zero attached hydrogens (tertiary/aromatic N) is 1. The van der Waals surface area contributed by atoms with Crippen molar-refractivity contribution in [3.8, 4) is 0 Å². The van der Waals surface area contributed by atoms with Crippen LogP contribution in [0.15, 0.2) is 42.5 Å². The maximum Gasteiger partial charge on any atom is 0.219 e. The van der Waals surface area contributed by atoms with Crippen molar-refractivity contribution >= 4 is 16.7 Å². The van der Waals surface area contributed by atoms with Crippen LogP contribution in [-0.2, 0) is 4.79 Å². The molecule has 0 heterocycles. The van der Waals surface area contributed by atoms with Gasteiger partial charge < -0.3 is 10.0 Å². The molecule has 1 atom stereocenters. The van der Waals surface area contributed by atoms with Gasteiger partial charge >= 0.3 is 0 Å². The van der Waals surface area contributed by atoms with E-state index in [4.69, 9.17) is 0 Å². The number of rotatable bonds is 3. The van der Waals surface area contributed by atoms with Crippen LogP contribution in [0.4, 0.5) is 0 Å². The van der Waals surface area contributed by atoms with Crippen molar-refractivity contribution in [1.82, 2.24) is 4.90 Å². The lowest BCUT2D eigenvalue weighted by molar-refractivity contribution is -0.130. The summed E-state index contributed by atoms with van der Waals surface area (Å²) in [5.41, 5.74) is 0.980. The van der Waals surface area contributed by atoms with Crippen molar-refractivity contribution in [2.75, 3.05) is 13.7 Å². The summed E-state index contributed by atoms with van der Waals surface area (Å²) in [7, 11) is 1.71. The minimum atomic E-state index is -0.298. The Labute approximate surface area is 107 Å². The minimum absolute atomic E-state index is 0.0537. The highest BCUT2D eigenvalue weighted by molar-refractivity contribution is 5.86. The Morgan fingerprint density at radius 1 is 1.22 bits per heavy atom. The van der Waals surface area contributed by atoms with E-state index in [0.29, 0.717) is 0 Å². The molecule has 2 aromatic rings.